The van der Waals surface area contributed by atoms with Crippen molar-refractivity contribution in [3.63, 3.8) is 0 Å². The second-order valence-corrected chi connectivity index (χ2v) is 14.5. The number of rotatable bonds is 3. The van der Waals surface area contributed by atoms with Gasteiger partial charge in [-0.25, -0.2) is 4.79 Å². The number of nitrogens with zero attached hydrogens (tertiary/aromatic N) is 1. The Kier molecular flexibility index (Phi) is 5.79. The third-order valence-electron chi connectivity index (χ3n) is 5.32. The standard InChI is InChI=1S/C21H32N2O3Si/c1-20(2,3)25-19(24)23-18-16-10-9-14(13-22)11-15(16)12-17(18)26-27(7,8)21(4,5)6/h9-11,17-18H,12H2,1-8H3,(H,23,24)/t17-,18-/m0/s1. The molecule has 0 bridgehead atoms. The number of nitrogens with one attached hydrogen (secondary N) is 1. The molecule has 0 aromatic heterocycles. The zero-order valence-electron chi connectivity index (χ0n) is 17.8. The molecule has 2 rings (SSSR count). The number of ether oxygens (including phenoxy) is 1. The molecule has 0 aliphatic heterocycles. The Morgan fingerprint density at radius 2 is 1.85 bits per heavy atom. The van der Waals surface area contributed by atoms with Crippen molar-refractivity contribution in [2.75, 3.05) is 0 Å². The number of carbonyl (C=O) groups excluding carboxylic acids is 1. The van der Waals surface area contributed by atoms with Gasteiger partial charge in [-0.1, -0.05) is 26.8 Å². The van der Waals surface area contributed by atoms with Crippen LogP contribution in [0, 0.1) is 11.3 Å². The molecule has 1 aromatic rings. The van der Waals surface area contributed by atoms with E-state index in [0.29, 0.717) is 12.0 Å². The SMILES string of the molecule is CC(C)(C)OC(=O)N[C@H]1c2ccc(C#N)cc2C[C@@H]1O[Si](C)(C)C(C)(C)C. The molecule has 1 aromatic carbocycles. The summed E-state index contributed by atoms with van der Waals surface area (Å²) in [4.78, 5) is 12.4. The van der Waals surface area contributed by atoms with E-state index in [-0.39, 0.29) is 17.2 Å². The van der Waals surface area contributed by atoms with Crippen molar-refractivity contribution < 1.29 is 14.0 Å². The van der Waals surface area contributed by atoms with Crippen molar-refractivity contribution in [1.82, 2.24) is 5.32 Å². The first kappa shape index (κ1) is 21.5. The first-order valence-electron chi connectivity index (χ1n) is 9.44. The van der Waals surface area contributed by atoms with Crippen molar-refractivity contribution in [3.05, 3.63) is 34.9 Å². The normalized spacial score (nSPS) is 20.0. The Bertz CT molecular complexity index is 754. The summed E-state index contributed by atoms with van der Waals surface area (Å²) >= 11 is 0. The highest BCUT2D eigenvalue weighted by Crippen LogP contribution is 2.42. The minimum absolute atomic E-state index is 0.0655. The maximum absolute atomic E-state index is 12.4. The predicted molar refractivity (Wildman–Crippen MR) is 109 cm³/mol. The highest BCUT2D eigenvalue weighted by molar-refractivity contribution is 6.74. The molecule has 1 aliphatic rings. The molecule has 1 N–H and O–H groups in total. The summed E-state index contributed by atoms with van der Waals surface area (Å²) in [6.45, 7) is 16.6. The number of amides is 1. The number of fused-ring (bicyclic) bond motifs is 1. The van der Waals surface area contributed by atoms with Crippen LogP contribution in [0.15, 0.2) is 18.2 Å². The van der Waals surface area contributed by atoms with Crippen LogP contribution >= 0.6 is 0 Å². The smallest absolute Gasteiger partial charge is 0.408 e. The van der Waals surface area contributed by atoms with E-state index in [2.05, 4.69) is 45.3 Å². The molecule has 6 heteroatoms. The maximum Gasteiger partial charge on any atom is 0.408 e. The fourth-order valence-electron chi connectivity index (χ4n) is 2.96. The van der Waals surface area contributed by atoms with Gasteiger partial charge in [0.05, 0.1) is 23.8 Å². The third kappa shape index (κ3) is 5.11. The summed E-state index contributed by atoms with van der Waals surface area (Å²) in [5.74, 6) is 0. The van der Waals surface area contributed by atoms with Gasteiger partial charge in [0.25, 0.3) is 0 Å². The number of hydrogen-bond acceptors (Lipinski definition) is 4. The Labute approximate surface area is 164 Å². The van der Waals surface area contributed by atoms with Gasteiger partial charge >= 0.3 is 6.09 Å². The molecule has 0 radical (unpaired) electrons. The molecule has 5 nitrogen and oxygen atoms in total. The Hall–Kier alpha value is -1.84. The molecule has 0 heterocycles. The van der Waals surface area contributed by atoms with E-state index in [0.717, 1.165) is 11.1 Å². The fourth-order valence-corrected chi connectivity index (χ4v) is 4.29. The largest absolute Gasteiger partial charge is 0.444 e. The average molecular weight is 389 g/mol. The zero-order chi connectivity index (χ0) is 20.6. The van der Waals surface area contributed by atoms with E-state index >= 15 is 0 Å². The summed E-state index contributed by atoms with van der Waals surface area (Å²) in [6.07, 6.45) is 0.0635. The van der Waals surface area contributed by atoms with Crippen LogP contribution in [0.25, 0.3) is 0 Å². The molecule has 0 saturated carbocycles. The van der Waals surface area contributed by atoms with Gasteiger partial charge in [-0.2, -0.15) is 5.26 Å². The quantitative estimate of drug-likeness (QED) is 0.734. The monoisotopic (exact) mass is 388 g/mol. The van der Waals surface area contributed by atoms with Crippen LogP contribution in [0.4, 0.5) is 4.79 Å². The van der Waals surface area contributed by atoms with Crippen molar-refractivity contribution in [3.8, 4) is 6.07 Å². The fraction of sp³-hybridized carbons (Fsp3) is 0.619. The van der Waals surface area contributed by atoms with E-state index < -0.39 is 20.0 Å². The van der Waals surface area contributed by atoms with E-state index in [1.54, 1.807) is 6.07 Å². The highest BCUT2D eigenvalue weighted by atomic mass is 28.4. The molecule has 27 heavy (non-hydrogen) atoms. The van der Waals surface area contributed by atoms with Crippen LogP contribution in [-0.4, -0.2) is 26.1 Å². The third-order valence-corrected chi connectivity index (χ3v) is 9.83. The molecular weight excluding hydrogens is 356 g/mol. The van der Waals surface area contributed by atoms with Crippen LogP contribution in [0.5, 0.6) is 0 Å². The first-order valence-corrected chi connectivity index (χ1v) is 12.3. The maximum atomic E-state index is 12.4. The van der Waals surface area contributed by atoms with Crippen LogP contribution in [0.1, 0.15) is 64.3 Å². The van der Waals surface area contributed by atoms with Crippen LogP contribution in [-0.2, 0) is 15.6 Å². The number of hydrogen-bond donors (Lipinski definition) is 1. The van der Waals surface area contributed by atoms with Crippen molar-refractivity contribution >= 4 is 14.4 Å². The number of alkyl carbamates (subject to hydrolysis) is 1. The van der Waals surface area contributed by atoms with Gasteiger partial charge in [-0.3, -0.25) is 0 Å². The van der Waals surface area contributed by atoms with Gasteiger partial charge in [0.15, 0.2) is 8.32 Å². The highest BCUT2D eigenvalue weighted by Gasteiger charge is 2.44. The summed E-state index contributed by atoms with van der Waals surface area (Å²) in [7, 11) is -2.03. The van der Waals surface area contributed by atoms with E-state index in [1.807, 2.05) is 32.9 Å². The number of carbonyl (C=O) groups is 1. The average Bonchev–Trinajstić information content (AvgIpc) is 2.80. The van der Waals surface area contributed by atoms with Gasteiger partial charge in [0.2, 0.25) is 0 Å². The molecule has 0 saturated heterocycles. The summed E-state index contributed by atoms with van der Waals surface area (Å²) in [5, 5.41) is 12.3. The molecule has 0 spiro atoms. The molecule has 1 amide bonds. The van der Waals surface area contributed by atoms with Crippen molar-refractivity contribution in [2.45, 2.75) is 83.8 Å². The zero-order valence-corrected chi connectivity index (χ0v) is 18.8. The summed E-state index contributed by atoms with van der Waals surface area (Å²) in [5.41, 5.74) is 2.12. The van der Waals surface area contributed by atoms with Crippen LogP contribution < -0.4 is 5.32 Å². The minimum atomic E-state index is -2.03. The van der Waals surface area contributed by atoms with Crippen molar-refractivity contribution in [2.24, 2.45) is 0 Å². The molecule has 148 valence electrons. The second kappa shape index (κ2) is 7.29. The molecule has 0 unspecified atom stereocenters. The van der Waals surface area contributed by atoms with Crippen LogP contribution in [0.2, 0.25) is 18.1 Å². The lowest BCUT2D eigenvalue weighted by Crippen LogP contribution is -2.47. The topological polar surface area (TPSA) is 71.3 Å². The van der Waals surface area contributed by atoms with Crippen molar-refractivity contribution in [1.29, 1.82) is 5.26 Å². The number of benzene rings is 1. The number of nitriles is 1. The predicted octanol–water partition coefficient (Wildman–Crippen LogP) is 5.07. The molecule has 2 atom stereocenters. The van der Waals surface area contributed by atoms with Gasteiger partial charge in [0, 0.05) is 6.42 Å². The Morgan fingerprint density at radius 1 is 1.22 bits per heavy atom. The second-order valence-electron chi connectivity index (χ2n) is 9.77. The first-order chi connectivity index (χ1) is 12.2. The van der Waals surface area contributed by atoms with E-state index in [9.17, 15) is 10.1 Å². The lowest BCUT2D eigenvalue weighted by Gasteiger charge is -2.40. The summed E-state index contributed by atoms with van der Waals surface area (Å²) < 4.78 is 12.1. The minimum Gasteiger partial charge on any atom is -0.444 e. The van der Waals surface area contributed by atoms with Crippen LogP contribution in [0.3, 0.4) is 0 Å². The van der Waals surface area contributed by atoms with Gasteiger partial charge < -0.3 is 14.5 Å². The van der Waals surface area contributed by atoms with E-state index in [4.69, 9.17) is 9.16 Å². The Morgan fingerprint density at radius 3 is 2.37 bits per heavy atom. The van der Waals surface area contributed by atoms with Gasteiger partial charge in [0.1, 0.15) is 5.60 Å². The van der Waals surface area contributed by atoms with Gasteiger partial charge in [-0.05, 0) is 62.2 Å². The Balaban J connectivity index is 2.32. The lowest BCUT2D eigenvalue weighted by atomic mass is 10.1. The molecule has 1 aliphatic carbocycles. The summed E-state index contributed by atoms with van der Waals surface area (Å²) in [6, 6.07) is 7.51. The lowest BCUT2D eigenvalue weighted by molar-refractivity contribution is 0.0446. The molecule has 0 fully saturated rings. The molecular formula is C21H32N2O3Si. The van der Waals surface area contributed by atoms with E-state index in [1.165, 1.54) is 0 Å². The van der Waals surface area contributed by atoms with Gasteiger partial charge in [-0.15, -0.1) is 0 Å².